The van der Waals surface area contributed by atoms with E-state index in [2.05, 4.69) is 42.0 Å². The van der Waals surface area contributed by atoms with Crippen molar-refractivity contribution in [1.82, 2.24) is 0 Å². The summed E-state index contributed by atoms with van der Waals surface area (Å²) in [5.41, 5.74) is 3.54. The monoisotopic (exact) mass is 602 g/mol. The maximum absolute atomic E-state index is 13.6. The molecule has 8 heteroatoms. The molecule has 0 bridgehead atoms. The van der Waals surface area contributed by atoms with Crippen LogP contribution in [0.1, 0.15) is 60.5 Å². The van der Waals surface area contributed by atoms with Crippen LogP contribution in [0.15, 0.2) is 45.9 Å². The summed E-state index contributed by atoms with van der Waals surface area (Å²) in [5.74, 6) is 1.70. The number of halogens is 2. The fraction of sp³-hybridized carbons (Fsp3) is 0.379. The van der Waals surface area contributed by atoms with Crippen LogP contribution in [0.4, 0.5) is 10.7 Å². The van der Waals surface area contributed by atoms with Gasteiger partial charge < -0.3 is 14.8 Å². The van der Waals surface area contributed by atoms with Crippen molar-refractivity contribution in [3.8, 4) is 11.5 Å². The fourth-order valence-electron chi connectivity index (χ4n) is 4.62. The van der Waals surface area contributed by atoms with Crippen molar-refractivity contribution in [1.29, 1.82) is 0 Å². The Labute approximate surface area is 236 Å². The van der Waals surface area contributed by atoms with E-state index in [-0.39, 0.29) is 11.3 Å². The van der Waals surface area contributed by atoms with Crippen molar-refractivity contribution in [3.63, 3.8) is 0 Å². The van der Waals surface area contributed by atoms with Crippen LogP contribution < -0.4 is 14.8 Å². The zero-order chi connectivity index (χ0) is 26.7. The predicted octanol–water partition coefficient (Wildman–Crippen LogP) is 8.73. The van der Waals surface area contributed by atoms with Gasteiger partial charge in [0.2, 0.25) is 0 Å². The Morgan fingerprint density at radius 1 is 1.27 bits per heavy atom. The third-order valence-corrected chi connectivity index (χ3v) is 8.67. The van der Waals surface area contributed by atoms with E-state index in [0.29, 0.717) is 40.3 Å². The smallest absolute Gasteiger partial charge is 0.259 e. The summed E-state index contributed by atoms with van der Waals surface area (Å²) >= 11 is 11.2. The van der Waals surface area contributed by atoms with E-state index in [4.69, 9.17) is 26.1 Å². The lowest BCUT2D eigenvalue weighted by molar-refractivity contribution is 0.102. The summed E-state index contributed by atoms with van der Waals surface area (Å²) < 4.78 is 12.0. The van der Waals surface area contributed by atoms with Gasteiger partial charge in [0.05, 0.1) is 23.8 Å². The van der Waals surface area contributed by atoms with Crippen LogP contribution in [-0.2, 0) is 12.8 Å². The van der Waals surface area contributed by atoms with E-state index in [1.54, 1.807) is 36.8 Å². The molecule has 4 rings (SSSR count). The number of benzene rings is 2. The van der Waals surface area contributed by atoms with Gasteiger partial charge in [0.1, 0.15) is 5.00 Å². The minimum absolute atomic E-state index is 0.146. The average Bonchev–Trinajstić information content (AvgIpc) is 3.21. The number of ether oxygens (including phenoxy) is 2. The van der Waals surface area contributed by atoms with Crippen molar-refractivity contribution in [3.05, 3.63) is 67.5 Å². The van der Waals surface area contributed by atoms with Crippen LogP contribution in [0.5, 0.6) is 11.5 Å². The average molecular weight is 604 g/mol. The number of anilines is 1. The Morgan fingerprint density at radius 2 is 2.00 bits per heavy atom. The first kappa shape index (κ1) is 27.7. The maximum Gasteiger partial charge on any atom is 0.259 e. The summed E-state index contributed by atoms with van der Waals surface area (Å²) in [6.07, 6.45) is 4.67. The van der Waals surface area contributed by atoms with Crippen LogP contribution >= 0.6 is 38.9 Å². The Bertz CT molecular complexity index is 1310. The highest BCUT2D eigenvalue weighted by Gasteiger charge is 2.33. The predicted molar refractivity (Wildman–Crippen MR) is 158 cm³/mol. The first-order valence-corrected chi connectivity index (χ1v) is 14.3. The van der Waals surface area contributed by atoms with Gasteiger partial charge in [0.25, 0.3) is 5.91 Å². The van der Waals surface area contributed by atoms with Gasteiger partial charge in [-0.15, -0.1) is 11.3 Å². The zero-order valence-corrected chi connectivity index (χ0v) is 24.9. The number of thiophene rings is 1. The molecule has 3 aromatic rings. The number of aliphatic imine (C=N–C) groups is 1. The molecular formula is C29H32BrClN2O3S. The van der Waals surface area contributed by atoms with Crippen LogP contribution in [-0.4, -0.2) is 25.8 Å². The number of carbonyl (C=O) groups excluding carboxylic acids is 1. The molecule has 0 radical (unpaired) electrons. The van der Waals surface area contributed by atoms with Crippen molar-refractivity contribution < 1.29 is 14.3 Å². The Kier molecular flexibility index (Phi) is 8.66. The number of hydrogen-bond acceptors (Lipinski definition) is 5. The summed E-state index contributed by atoms with van der Waals surface area (Å²) in [6, 6.07) is 11.0. The first-order chi connectivity index (χ1) is 17.6. The molecule has 1 aliphatic carbocycles. The summed E-state index contributed by atoms with van der Waals surface area (Å²) in [4.78, 5) is 19.7. The van der Waals surface area contributed by atoms with Gasteiger partial charge in [-0.05, 0) is 101 Å². The minimum atomic E-state index is -0.146. The van der Waals surface area contributed by atoms with Gasteiger partial charge in [-0.25, -0.2) is 4.99 Å². The largest absolute Gasteiger partial charge is 0.492 e. The molecule has 2 aromatic carbocycles. The number of methoxy groups -OCH3 is 1. The van der Waals surface area contributed by atoms with E-state index in [1.807, 2.05) is 31.2 Å². The molecule has 0 fully saturated rings. The lowest BCUT2D eigenvalue weighted by atomic mass is 9.72. The van der Waals surface area contributed by atoms with Crippen LogP contribution in [0.3, 0.4) is 0 Å². The number of nitrogens with one attached hydrogen (secondary N) is 1. The molecule has 196 valence electrons. The second kappa shape index (κ2) is 11.6. The molecule has 1 amide bonds. The SMILES string of the molecule is CCOc1cc(C=Nc2sc3c(c2C(=O)Nc2ccc(Cl)cc2)CC[C@@H](C(C)(C)C)C3)cc(Br)c1OC. The first-order valence-electron chi connectivity index (χ1n) is 12.4. The number of hydrogen-bond donors (Lipinski definition) is 1. The molecule has 0 saturated carbocycles. The minimum Gasteiger partial charge on any atom is -0.492 e. The number of carbonyl (C=O) groups is 1. The second-order valence-corrected chi connectivity index (χ2v) is 12.6. The van der Waals surface area contributed by atoms with Gasteiger partial charge in [-0.3, -0.25) is 4.79 Å². The standard InChI is InChI=1S/C29H32BrClN2O3S/c1-6-36-23-14-17(13-22(30)26(23)35-5)16-32-28-25(27(34)33-20-10-8-19(31)9-11-20)21-12-7-18(29(2,3)4)15-24(21)37-28/h8-11,13-14,16,18H,6-7,12,15H2,1-5H3,(H,33,34)/t18-/m1/s1. The molecule has 1 N–H and O–H groups in total. The van der Waals surface area contributed by atoms with Gasteiger partial charge in [0.15, 0.2) is 11.5 Å². The van der Waals surface area contributed by atoms with E-state index in [1.165, 1.54) is 4.88 Å². The van der Waals surface area contributed by atoms with E-state index >= 15 is 0 Å². The highest BCUT2D eigenvalue weighted by atomic mass is 79.9. The van der Waals surface area contributed by atoms with Crippen molar-refractivity contribution in [2.24, 2.45) is 16.3 Å². The molecule has 1 atom stereocenters. The van der Waals surface area contributed by atoms with Crippen molar-refractivity contribution in [2.45, 2.75) is 47.0 Å². The summed E-state index contributed by atoms with van der Waals surface area (Å²) in [6.45, 7) is 9.33. The molecule has 0 aliphatic heterocycles. The molecule has 1 aliphatic rings. The molecule has 0 spiro atoms. The topological polar surface area (TPSA) is 59.9 Å². The van der Waals surface area contributed by atoms with Crippen molar-refractivity contribution >= 4 is 61.7 Å². The Hall–Kier alpha value is -2.35. The van der Waals surface area contributed by atoms with Crippen LogP contribution in [0, 0.1) is 11.3 Å². The maximum atomic E-state index is 13.6. The normalized spacial score (nSPS) is 15.5. The Balaban J connectivity index is 1.72. The van der Waals surface area contributed by atoms with Gasteiger partial charge in [-0.1, -0.05) is 32.4 Å². The quantitative estimate of drug-likeness (QED) is 0.275. The van der Waals surface area contributed by atoms with Crippen LogP contribution in [0.25, 0.3) is 0 Å². The van der Waals surface area contributed by atoms with E-state index in [9.17, 15) is 4.79 Å². The van der Waals surface area contributed by atoms with Gasteiger partial charge >= 0.3 is 0 Å². The number of nitrogens with zero attached hydrogens (tertiary/aromatic N) is 1. The molecule has 37 heavy (non-hydrogen) atoms. The number of amides is 1. The summed E-state index contributed by atoms with van der Waals surface area (Å²) in [5, 5.41) is 4.39. The molecular weight excluding hydrogens is 572 g/mol. The van der Waals surface area contributed by atoms with Crippen molar-refractivity contribution in [2.75, 3.05) is 19.0 Å². The van der Waals surface area contributed by atoms with Crippen LogP contribution in [0.2, 0.25) is 5.02 Å². The highest BCUT2D eigenvalue weighted by Crippen LogP contribution is 2.45. The number of fused-ring (bicyclic) bond motifs is 1. The zero-order valence-electron chi connectivity index (χ0n) is 21.8. The molecule has 0 saturated heterocycles. The molecule has 5 nitrogen and oxygen atoms in total. The Morgan fingerprint density at radius 3 is 2.65 bits per heavy atom. The lowest BCUT2D eigenvalue weighted by Crippen LogP contribution is -2.27. The van der Waals surface area contributed by atoms with Gasteiger partial charge in [0, 0.05) is 21.8 Å². The van der Waals surface area contributed by atoms with E-state index < -0.39 is 0 Å². The van der Waals surface area contributed by atoms with E-state index in [0.717, 1.165) is 39.9 Å². The molecule has 1 heterocycles. The third-order valence-electron chi connectivity index (χ3n) is 6.67. The highest BCUT2D eigenvalue weighted by molar-refractivity contribution is 9.10. The molecule has 1 aromatic heterocycles. The lowest BCUT2D eigenvalue weighted by Gasteiger charge is -2.33. The summed E-state index contributed by atoms with van der Waals surface area (Å²) in [7, 11) is 1.61. The fourth-order valence-corrected chi connectivity index (χ4v) is 6.64. The third kappa shape index (κ3) is 6.39. The number of rotatable bonds is 7. The second-order valence-electron chi connectivity index (χ2n) is 10.2. The van der Waals surface area contributed by atoms with Gasteiger partial charge in [-0.2, -0.15) is 0 Å². The molecule has 0 unspecified atom stereocenters.